The van der Waals surface area contributed by atoms with Crippen LogP contribution >= 0.6 is 23.2 Å². The number of nitrogens with one attached hydrogen (secondary N) is 1. The predicted octanol–water partition coefficient (Wildman–Crippen LogP) is 4.23. The van der Waals surface area contributed by atoms with Gasteiger partial charge in [-0.1, -0.05) is 41.4 Å². The van der Waals surface area contributed by atoms with Gasteiger partial charge in [0.1, 0.15) is 6.61 Å². The van der Waals surface area contributed by atoms with Crippen LogP contribution in [0.4, 0.5) is 10.5 Å². The third-order valence-electron chi connectivity index (χ3n) is 3.65. The second-order valence-corrected chi connectivity index (χ2v) is 6.32. The Morgan fingerprint density at radius 1 is 1.12 bits per heavy atom. The van der Waals surface area contributed by atoms with Crippen molar-refractivity contribution >= 4 is 35.0 Å². The van der Waals surface area contributed by atoms with Crippen molar-refractivity contribution in [1.82, 2.24) is 9.36 Å². The topological polar surface area (TPSA) is 65.3 Å². The Morgan fingerprint density at radius 3 is 2.54 bits per heavy atom. The van der Waals surface area contributed by atoms with E-state index in [-0.39, 0.29) is 12.2 Å². The number of hydrogen-bond acceptors (Lipinski definition) is 3. The maximum Gasteiger partial charge on any atom is 0.411 e. The number of aromatic nitrogens is 2. The van der Waals surface area contributed by atoms with E-state index < -0.39 is 6.09 Å². The number of anilines is 1. The van der Waals surface area contributed by atoms with Gasteiger partial charge in [-0.2, -0.15) is 0 Å². The van der Waals surface area contributed by atoms with Crippen LogP contribution in [0.15, 0.2) is 59.5 Å². The van der Waals surface area contributed by atoms with Crippen LogP contribution in [0.5, 0.6) is 0 Å². The summed E-state index contributed by atoms with van der Waals surface area (Å²) in [5.74, 6) is 0. The van der Waals surface area contributed by atoms with Gasteiger partial charge in [-0.3, -0.25) is 14.8 Å². The summed E-state index contributed by atoms with van der Waals surface area (Å²) in [6.45, 7) is -0.153. The molecule has 8 heteroatoms. The molecule has 3 rings (SSSR count). The van der Waals surface area contributed by atoms with Crippen molar-refractivity contribution in [3.63, 3.8) is 0 Å². The van der Waals surface area contributed by atoms with E-state index in [1.54, 1.807) is 30.1 Å². The largest absolute Gasteiger partial charge is 0.444 e. The summed E-state index contributed by atoms with van der Waals surface area (Å²) in [5, 5.41) is 3.24. The first kappa shape index (κ1) is 18.1. The lowest BCUT2D eigenvalue weighted by molar-refractivity contribution is 0.154. The Labute approximate surface area is 159 Å². The van der Waals surface area contributed by atoms with Gasteiger partial charge in [0.25, 0.3) is 5.56 Å². The molecule has 0 aliphatic rings. The summed E-state index contributed by atoms with van der Waals surface area (Å²) >= 11 is 11.7. The summed E-state index contributed by atoms with van der Waals surface area (Å²) < 4.78 is 8.28. The fourth-order valence-electron chi connectivity index (χ4n) is 2.46. The van der Waals surface area contributed by atoms with Gasteiger partial charge >= 0.3 is 6.09 Å². The highest BCUT2D eigenvalue weighted by molar-refractivity contribution is 6.42. The number of ether oxygens (including phenoxy) is 1. The molecule has 0 fully saturated rings. The first-order valence-electron chi connectivity index (χ1n) is 7.67. The van der Waals surface area contributed by atoms with E-state index in [9.17, 15) is 9.59 Å². The molecule has 1 heterocycles. The molecule has 0 aliphatic carbocycles. The summed E-state index contributed by atoms with van der Waals surface area (Å²) in [5.41, 5.74) is 1.28. The molecule has 134 valence electrons. The smallest absolute Gasteiger partial charge is 0.411 e. The minimum Gasteiger partial charge on any atom is -0.444 e. The minimum absolute atomic E-state index is 0.153. The van der Waals surface area contributed by atoms with Gasteiger partial charge in [-0.15, -0.1) is 0 Å². The Balaban J connectivity index is 1.69. The molecule has 0 unspecified atom stereocenters. The highest BCUT2D eigenvalue weighted by Crippen LogP contribution is 2.25. The number of halogens is 2. The highest BCUT2D eigenvalue weighted by atomic mass is 35.5. The molecule has 26 heavy (non-hydrogen) atoms. The Kier molecular flexibility index (Phi) is 5.35. The minimum atomic E-state index is -0.696. The number of nitrogens with zero attached hydrogens (tertiary/aromatic N) is 2. The summed E-state index contributed by atoms with van der Waals surface area (Å²) in [4.78, 5) is 24.5. The summed E-state index contributed by atoms with van der Waals surface area (Å²) in [6.07, 6.45) is 0.930. The number of para-hydroxylation sites is 1. The molecule has 0 bridgehead atoms. The zero-order chi connectivity index (χ0) is 18.7. The van der Waals surface area contributed by atoms with E-state index in [4.69, 9.17) is 27.9 Å². The van der Waals surface area contributed by atoms with Crippen LogP contribution in [0, 0.1) is 0 Å². The predicted molar refractivity (Wildman–Crippen MR) is 101 cm³/mol. The summed E-state index contributed by atoms with van der Waals surface area (Å²) in [7, 11) is 1.74. The zero-order valence-electron chi connectivity index (χ0n) is 13.8. The van der Waals surface area contributed by atoms with Gasteiger partial charge in [0.15, 0.2) is 0 Å². The fourth-order valence-corrected chi connectivity index (χ4v) is 2.75. The lowest BCUT2D eigenvalue weighted by atomic mass is 10.3. The number of benzene rings is 2. The molecule has 0 atom stereocenters. The van der Waals surface area contributed by atoms with Crippen molar-refractivity contribution in [3.05, 3.63) is 80.7 Å². The molecule has 1 amide bonds. The molecule has 0 aliphatic heterocycles. The van der Waals surface area contributed by atoms with E-state index in [0.717, 1.165) is 5.69 Å². The molecule has 0 saturated heterocycles. The number of amides is 1. The third kappa shape index (κ3) is 3.92. The van der Waals surface area contributed by atoms with Crippen molar-refractivity contribution in [1.29, 1.82) is 0 Å². The number of rotatable bonds is 4. The van der Waals surface area contributed by atoms with Crippen molar-refractivity contribution in [2.75, 3.05) is 5.32 Å². The normalized spacial score (nSPS) is 10.6. The average Bonchev–Trinajstić information content (AvgIpc) is 2.91. The SMILES string of the molecule is Cn1cc(COC(=O)Nc2ccc(Cl)c(Cl)c2)c(=O)n1-c1ccccc1. The molecular formula is C18H15Cl2N3O3. The van der Waals surface area contributed by atoms with Crippen LogP contribution in [-0.2, 0) is 18.4 Å². The quantitative estimate of drug-likeness (QED) is 0.723. The van der Waals surface area contributed by atoms with Crippen molar-refractivity contribution in [2.45, 2.75) is 6.61 Å². The van der Waals surface area contributed by atoms with E-state index in [2.05, 4.69) is 5.32 Å². The first-order chi connectivity index (χ1) is 12.5. The molecular weight excluding hydrogens is 377 g/mol. The second kappa shape index (κ2) is 7.68. The van der Waals surface area contributed by atoms with Gasteiger partial charge in [0.2, 0.25) is 0 Å². The third-order valence-corrected chi connectivity index (χ3v) is 4.39. The Morgan fingerprint density at radius 2 is 1.85 bits per heavy atom. The first-order valence-corrected chi connectivity index (χ1v) is 8.43. The van der Waals surface area contributed by atoms with Crippen LogP contribution in [0.2, 0.25) is 10.0 Å². The van der Waals surface area contributed by atoms with Crippen LogP contribution in [0.1, 0.15) is 5.56 Å². The molecule has 0 saturated carbocycles. The standard InChI is InChI=1S/C18H15Cl2N3O3/c1-22-10-12(17(24)23(22)14-5-3-2-4-6-14)11-26-18(25)21-13-7-8-15(19)16(20)9-13/h2-10H,11H2,1H3,(H,21,25). The number of carbonyl (C=O) groups excluding carboxylic acids is 1. The lowest BCUT2D eigenvalue weighted by Gasteiger charge is -2.06. The maximum absolute atomic E-state index is 12.5. The van der Waals surface area contributed by atoms with Crippen LogP contribution in [0.25, 0.3) is 5.69 Å². The van der Waals surface area contributed by atoms with E-state index in [1.807, 2.05) is 30.3 Å². The number of carbonyl (C=O) groups is 1. The highest BCUT2D eigenvalue weighted by Gasteiger charge is 2.13. The van der Waals surface area contributed by atoms with Gasteiger partial charge < -0.3 is 4.74 Å². The zero-order valence-corrected chi connectivity index (χ0v) is 15.3. The fraction of sp³-hybridized carbons (Fsp3) is 0.111. The van der Waals surface area contributed by atoms with Crippen LogP contribution < -0.4 is 10.9 Å². The Bertz CT molecular complexity index is 997. The molecule has 1 N–H and O–H groups in total. The van der Waals surface area contributed by atoms with E-state index in [0.29, 0.717) is 21.3 Å². The van der Waals surface area contributed by atoms with Crippen molar-refractivity contribution in [2.24, 2.45) is 7.05 Å². The van der Waals surface area contributed by atoms with Gasteiger partial charge in [-0.05, 0) is 30.3 Å². The van der Waals surface area contributed by atoms with Crippen LogP contribution in [-0.4, -0.2) is 15.5 Å². The second-order valence-electron chi connectivity index (χ2n) is 5.51. The average molecular weight is 392 g/mol. The lowest BCUT2D eigenvalue weighted by Crippen LogP contribution is -2.22. The number of aryl methyl sites for hydroxylation is 1. The summed E-state index contributed by atoms with van der Waals surface area (Å²) in [6, 6.07) is 13.9. The van der Waals surface area contributed by atoms with Gasteiger partial charge in [0.05, 0.1) is 21.3 Å². The maximum atomic E-state index is 12.5. The molecule has 6 nitrogen and oxygen atoms in total. The van der Waals surface area contributed by atoms with Gasteiger partial charge in [-0.25, -0.2) is 9.48 Å². The van der Waals surface area contributed by atoms with E-state index >= 15 is 0 Å². The molecule has 3 aromatic rings. The molecule has 1 aromatic heterocycles. The monoisotopic (exact) mass is 391 g/mol. The molecule has 0 radical (unpaired) electrons. The molecule has 2 aromatic carbocycles. The van der Waals surface area contributed by atoms with Crippen LogP contribution in [0.3, 0.4) is 0 Å². The van der Waals surface area contributed by atoms with E-state index in [1.165, 1.54) is 10.7 Å². The van der Waals surface area contributed by atoms with Crippen molar-refractivity contribution in [3.8, 4) is 5.69 Å². The molecule has 0 spiro atoms. The van der Waals surface area contributed by atoms with Gasteiger partial charge in [0, 0.05) is 18.9 Å². The van der Waals surface area contributed by atoms with Crippen molar-refractivity contribution < 1.29 is 9.53 Å². The Hall–Kier alpha value is -2.70. The number of hydrogen-bond donors (Lipinski definition) is 1.